The second-order valence-corrected chi connectivity index (χ2v) is 9.93. The van der Waals surface area contributed by atoms with E-state index in [-0.39, 0.29) is 11.9 Å². The SMILES string of the molecule is CN1C(=O)N(CCCc2ccncc2)C(=O)C12CCN(Cc1ccc(N3CCCC3)cc1)CC2. The number of hydrogen-bond acceptors (Lipinski definition) is 5. The van der Waals surface area contributed by atoms with Crippen LogP contribution >= 0.6 is 0 Å². The van der Waals surface area contributed by atoms with E-state index >= 15 is 0 Å². The number of rotatable bonds is 7. The highest BCUT2D eigenvalue weighted by atomic mass is 16.2. The van der Waals surface area contributed by atoms with E-state index in [9.17, 15) is 9.59 Å². The number of aromatic nitrogens is 1. The molecule has 7 nitrogen and oxygen atoms in total. The molecule has 34 heavy (non-hydrogen) atoms. The van der Waals surface area contributed by atoms with E-state index in [0.29, 0.717) is 19.4 Å². The number of aryl methyl sites for hydroxylation is 1. The van der Waals surface area contributed by atoms with Gasteiger partial charge in [-0.25, -0.2) is 4.79 Å². The Labute approximate surface area is 202 Å². The molecule has 1 aromatic carbocycles. The van der Waals surface area contributed by atoms with E-state index in [4.69, 9.17) is 0 Å². The van der Waals surface area contributed by atoms with Crippen LogP contribution in [0.25, 0.3) is 0 Å². The van der Waals surface area contributed by atoms with E-state index in [0.717, 1.165) is 45.6 Å². The number of nitrogens with zero attached hydrogens (tertiary/aromatic N) is 5. The summed E-state index contributed by atoms with van der Waals surface area (Å²) in [5.41, 5.74) is 3.13. The maximum absolute atomic E-state index is 13.4. The Bertz CT molecular complexity index is 995. The third-order valence-electron chi connectivity index (χ3n) is 7.90. The predicted molar refractivity (Wildman–Crippen MR) is 133 cm³/mol. The molecule has 0 aliphatic carbocycles. The van der Waals surface area contributed by atoms with Gasteiger partial charge in [-0.3, -0.25) is 19.6 Å². The van der Waals surface area contributed by atoms with Gasteiger partial charge in [0, 0.05) is 64.4 Å². The zero-order valence-corrected chi connectivity index (χ0v) is 20.2. The summed E-state index contributed by atoms with van der Waals surface area (Å²) in [5.74, 6) is -0.00987. The topological polar surface area (TPSA) is 60.0 Å². The first kappa shape index (κ1) is 22.8. The normalized spacial score (nSPS) is 20.7. The summed E-state index contributed by atoms with van der Waals surface area (Å²) in [6.07, 6.45) is 9.12. The van der Waals surface area contributed by atoms with E-state index in [1.165, 1.54) is 34.6 Å². The summed E-state index contributed by atoms with van der Waals surface area (Å²) in [6, 6.07) is 12.8. The van der Waals surface area contributed by atoms with E-state index in [1.807, 2.05) is 12.1 Å². The highest BCUT2D eigenvalue weighted by Crippen LogP contribution is 2.36. The number of likely N-dealkylation sites (N-methyl/N-ethyl adjacent to an activating group) is 1. The highest BCUT2D eigenvalue weighted by Gasteiger charge is 2.56. The van der Waals surface area contributed by atoms with Crippen LogP contribution in [0, 0.1) is 0 Å². The minimum absolute atomic E-state index is 0.00987. The van der Waals surface area contributed by atoms with Crippen molar-refractivity contribution in [3.8, 4) is 0 Å². The van der Waals surface area contributed by atoms with Crippen molar-refractivity contribution in [3.63, 3.8) is 0 Å². The van der Waals surface area contributed by atoms with Crippen LogP contribution < -0.4 is 4.90 Å². The van der Waals surface area contributed by atoms with Gasteiger partial charge in [-0.05, 0) is 73.9 Å². The van der Waals surface area contributed by atoms with Crippen LogP contribution in [0.3, 0.4) is 0 Å². The van der Waals surface area contributed by atoms with Crippen LogP contribution in [0.5, 0.6) is 0 Å². The average Bonchev–Trinajstić information content (AvgIpc) is 3.47. The van der Waals surface area contributed by atoms with Gasteiger partial charge >= 0.3 is 6.03 Å². The zero-order chi connectivity index (χ0) is 23.5. The summed E-state index contributed by atoms with van der Waals surface area (Å²) in [5, 5.41) is 0. The predicted octanol–water partition coefficient (Wildman–Crippen LogP) is 3.54. The molecule has 7 heteroatoms. The smallest absolute Gasteiger partial charge is 0.327 e. The number of imide groups is 1. The molecular formula is C27H35N5O2. The number of carbonyl (C=O) groups is 2. The molecule has 4 heterocycles. The van der Waals surface area contributed by atoms with Crippen molar-refractivity contribution >= 4 is 17.6 Å². The number of amides is 3. The molecule has 0 saturated carbocycles. The second-order valence-electron chi connectivity index (χ2n) is 9.93. The van der Waals surface area contributed by atoms with Gasteiger partial charge in [0.2, 0.25) is 0 Å². The maximum Gasteiger partial charge on any atom is 0.327 e. The number of likely N-dealkylation sites (tertiary alicyclic amines) is 1. The summed E-state index contributed by atoms with van der Waals surface area (Å²) < 4.78 is 0. The molecule has 0 N–H and O–H groups in total. The molecule has 3 aliphatic heterocycles. The maximum atomic E-state index is 13.4. The van der Waals surface area contributed by atoms with Crippen LogP contribution in [0.1, 0.15) is 43.2 Å². The Kier molecular flexibility index (Phi) is 6.55. The van der Waals surface area contributed by atoms with Crippen molar-refractivity contribution in [1.82, 2.24) is 19.7 Å². The van der Waals surface area contributed by atoms with Crippen molar-refractivity contribution < 1.29 is 9.59 Å². The fourth-order valence-electron chi connectivity index (χ4n) is 5.71. The standard InChI is InChI=1S/C27H35N5O2/c1-29-26(34)32(18-4-5-22-10-14-28-15-11-22)25(33)27(29)12-19-30(20-13-27)21-23-6-8-24(9-7-23)31-16-2-3-17-31/h6-11,14-15H,2-5,12-13,16-21H2,1H3. The van der Waals surface area contributed by atoms with Crippen LogP contribution in [0.4, 0.5) is 10.5 Å². The van der Waals surface area contributed by atoms with Gasteiger partial charge in [-0.15, -0.1) is 0 Å². The third kappa shape index (κ3) is 4.41. The molecule has 3 amide bonds. The first-order valence-corrected chi connectivity index (χ1v) is 12.6. The number of hydrogen-bond donors (Lipinski definition) is 0. The summed E-state index contributed by atoms with van der Waals surface area (Å²) in [7, 11) is 1.80. The van der Waals surface area contributed by atoms with Gasteiger partial charge in [0.05, 0.1) is 0 Å². The Morgan fingerprint density at radius 1 is 0.882 bits per heavy atom. The molecule has 2 aromatic rings. The van der Waals surface area contributed by atoms with Crippen molar-refractivity contribution in [2.24, 2.45) is 0 Å². The Morgan fingerprint density at radius 3 is 2.24 bits per heavy atom. The lowest BCUT2D eigenvalue weighted by molar-refractivity contribution is -0.135. The largest absolute Gasteiger partial charge is 0.372 e. The fourth-order valence-corrected chi connectivity index (χ4v) is 5.71. The molecule has 180 valence electrons. The molecule has 0 atom stereocenters. The van der Waals surface area contributed by atoms with Crippen LogP contribution in [-0.2, 0) is 17.8 Å². The molecule has 0 unspecified atom stereocenters. The zero-order valence-electron chi connectivity index (χ0n) is 20.2. The van der Waals surface area contributed by atoms with Gasteiger partial charge in [-0.2, -0.15) is 0 Å². The van der Waals surface area contributed by atoms with E-state index in [2.05, 4.69) is 39.0 Å². The minimum Gasteiger partial charge on any atom is -0.372 e. The molecule has 3 saturated heterocycles. The average molecular weight is 462 g/mol. The molecular weight excluding hydrogens is 426 g/mol. The number of anilines is 1. The molecule has 3 fully saturated rings. The van der Waals surface area contributed by atoms with Gasteiger partial charge < -0.3 is 9.80 Å². The monoisotopic (exact) mass is 461 g/mol. The Morgan fingerprint density at radius 2 is 1.56 bits per heavy atom. The molecule has 0 bridgehead atoms. The van der Waals surface area contributed by atoms with Crippen LogP contribution in [0.2, 0.25) is 0 Å². The molecule has 3 aliphatic rings. The molecule has 1 aromatic heterocycles. The van der Waals surface area contributed by atoms with Crippen molar-refractivity contribution in [1.29, 1.82) is 0 Å². The minimum atomic E-state index is -0.677. The number of urea groups is 1. The molecule has 0 radical (unpaired) electrons. The van der Waals surface area contributed by atoms with Gasteiger partial charge in [0.25, 0.3) is 5.91 Å². The molecule has 5 rings (SSSR count). The number of pyridine rings is 1. The number of carbonyl (C=O) groups excluding carboxylic acids is 2. The van der Waals surface area contributed by atoms with E-state index in [1.54, 1.807) is 24.3 Å². The Hall–Kier alpha value is -2.93. The molecule has 1 spiro atoms. The van der Waals surface area contributed by atoms with E-state index < -0.39 is 5.54 Å². The van der Waals surface area contributed by atoms with Crippen LogP contribution in [0.15, 0.2) is 48.8 Å². The Balaban J connectivity index is 1.15. The number of piperidine rings is 1. The first-order chi connectivity index (χ1) is 16.6. The third-order valence-corrected chi connectivity index (χ3v) is 7.90. The second kappa shape index (κ2) is 9.74. The lowest BCUT2D eigenvalue weighted by Gasteiger charge is -2.40. The van der Waals surface area contributed by atoms with Crippen LogP contribution in [-0.4, -0.2) is 76.9 Å². The fraction of sp³-hybridized carbons (Fsp3) is 0.519. The number of benzene rings is 1. The van der Waals surface area contributed by atoms with Gasteiger partial charge in [-0.1, -0.05) is 12.1 Å². The van der Waals surface area contributed by atoms with Crippen molar-refractivity contribution in [2.45, 2.75) is 50.6 Å². The highest BCUT2D eigenvalue weighted by molar-refractivity contribution is 6.07. The lowest BCUT2D eigenvalue weighted by Crippen LogP contribution is -2.55. The first-order valence-electron chi connectivity index (χ1n) is 12.6. The summed E-state index contributed by atoms with van der Waals surface area (Å²) >= 11 is 0. The van der Waals surface area contributed by atoms with Crippen molar-refractivity contribution in [3.05, 3.63) is 59.9 Å². The summed E-state index contributed by atoms with van der Waals surface area (Å²) in [6.45, 7) is 5.32. The summed E-state index contributed by atoms with van der Waals surface area (Å²) in [4.78, 5) is 38.5. The van der Waals surface area contributed by atoms with Gasteiger partial charge in [0.1, 0.15) is 5.54 Å². The van der Waals surface area contributed by atoms with Gasteiger partial charge in [0.15, 0.2) is 0 Å². The quantitative estimate of drug-likeness (QED) is 0.591. The lowest BCUT2D eigenvalue weighted by atomic mass is 9.86. The van der Waals surface area contributed by atoms with Crippen molar-refractivity contribution in [2.75, 3.05) is 44.7 Å².